The van der Waals surface area contributed by atoms with E-state index < -0.39 is 4.92 Å². The minimum absolute atomic E-state index is 0.0120. The van der Waals surface area contributed by atoms with E-state index in [-0.39, 0.29) is 17.6 Å². The molecular formula is C23H25N5O3. The molecule has 8 heteroatoms. The molecule has 1 aliphatic heterocycles. The van der Waals surface area contributed by atoms with E-state index in [2.05, 4.69) is 46.5 Å². The quantitative estimate of drug-likeness (QED) is 0.466. The molecule has 0 aliphatic carbocycles. The Morgan fingerprint density at radius 3 is 2.42 bits per heavy atom. The largest absolute Gasteiger partial charge is 0.349 e. The number of amides is 1. The van der Waals surface area contributed by atoms with Crippen LogP contribution in [-0.4, -0.2) is 45.1 Å². The van der Waals surface area contributed by atoms with Gasteiger partial charge in [0.1, 0.15) is 0 Å². The van der Waals surface area contributed by atoms with Crippen LogP contribution in [0.3, 0.4) is 0 Å². The topological polar surface area (TPSA) is 93.3 Å². The summed E-state index contributed by atoms with van der Waals surface area (Å²) < 4.78 is 1.54. The van der Waals surface area contributed by atoms with Crippen LogP contribution in [0.2, 0.25) is 0 Å². The van der Waals surface area contributed by atoms with Crippen molar-refractivity contribution in [2.24, 2.45) is 0 Å². The number of nitrogens with one attached hydrogen (secondary N) is 1. The first-order valence-corrected chi connectivity index (χ1v) is 10.4. The van der Waals surface area contributed by atoms with E-state index in [0.29, 0.717) is 17.9 Å². The lowest BCUT2D eigenvalue weighted by atomic mass is 10.0. The zero-order chi connectivity index (χ0) is 21.8. The van der Waals surface area contributed by atoms with E-state index in [1.165, 1.54) is 40.8 Å². The van der Waals surface area contributed by atoms with Crippen LogP contribution in [-0.2, 0) is 0 Å². The number of aryl methyl sites for hydroxylation is 1. The number of carbonyl (C=O) groups excluding carboxylic acids is 1. The summed E-state index contributed by atoms with van der Waals surface area (Å²) in [7, 11) is 0. The third-order valence-corrected chi connectivity index (χ3v) is 5.65. The lowest BCUT2D eigenvalue weighted by Crippen LogP contribution is -2.37. The van der Waals surface area contributed by atoms with Gasteiger partial charge in [-0.3, -0.25) is 19.8 Å². The predicted octanol–water partition coefficient (Wildman–Crippen LogP) is 3.66. The van der Waals surface area contributed by atoms with Gasteiger partial charge in [-0.05, 0) is 56.6 Å². The third kappa shape index (κ3) is 4.80. The Bertz CT molecular complexity index is 1050. The number of aromatic nitrogens is 2. The molecule has 0 spiro atoms. The molecule has 1 fully saturated rings. The van der Waals surface area contributed by atoms with Gasteiger partial charge in [0.05, 0.1) is 16.7 Å². The van der Waals surface area contributed by atoms with Crippen LogP contribution in [0.5, 0.6) is 0 Å². The monoisotopic (exact) mass is 419 g/mol. The van der Waals surface area contributed by atoms with Gasteiger partial charge in [0.2, 0.25) is 0 Å². The maximum absolute atomic E-state index is 12.7. The molecule has 1 amide bonds. The predicted molar refractivity (Wildman–Crippen MR) is 117 cm³/mol. The summed E-state index contributed by atoms with van der Waals surface area (Å²) in [6.45, 7) is 4.64. The van der Waals surface area contributed by atoms with Crippen LogP contribution in [0, 0.1) is 17.0 Å². The molecule has 8 nitrogen and oxygen atoms in total. The van der Waals surface area contributed by atoms with E-state index in [1.54, 1.807) is 24.4 Å². The van der Waals surface area contributed by atoms with Gasteiger partial charge in [-0.2, -0.15) is 5.10 Å². The number of non-ortho nitro benzene ring substituents is 1. The second-order valence-electron chi connectivity index (χ2n) is 7.80. The zero-order valence-electron chi connectivity index (χ0n) is 17.4. The molecule has 0 radical (unpaired) electrons. The van der Waals surface area contributed by atoms with E-state index in [1.807, 2.05) is 0 Å². The Balaban J connectivity index is 1.44. The summed E-state index contributed by atoms with van der Waals surface area (Å²) >= 11 is 0. The smallest absolute Gasteiger partial charge is 0.271 e. The zero-order valence-corrected chi connectivity index (χ0v) is 17.4. The summed E-state index contributed by atoms with van der Waals surface area (Å²) in [4.78, 5) is 25.5. The van der Waals surface area contributed by atoms with Gasteiger partial charge in [-0.15, -0.1) is 0 Å². The van der Waals surface area contributed by atoms with E-state index in [0.717, 1.165) is 13.1 Å². The Morgan fingerprint density at radius 2 is 1.77 bits per heavy atom. The molecule has 4 rings (SSSR count). The molecule has 1 N–H and O–H groups in total. The van der Waals surface area contributed by atoms with Crippen molar-refractivity contribution in [3.8, 4) is 5.69 Å². The SMILES string of the molecule is Cc1ccc(C(CNC(=O)c2ccn(-c3ccc([N+](=O)[O-])cc3)n2)N2CCCC2)cc1. The van der Waals surface area contributed by atoms with Gasteiger partial charge in [0.15, 0.2) is 5.69 Å². The van der Waals surface area contributed by atoms with Gasteiger partial charge in [0, 0.05) is 24.9 Å². The highest BCUT2D eigenvalue weighted by molar-refractivity contribution is 5.92. The molecule has 1 atom stereocenters. The number of nitro groups is 1. The lowest BCUT2D eigenvalue weighted by Gasteiger charge is -2.28. The molecule has 31 heavy (non-hydrogen) atoms. The molecule has 2 aromatic carbocycles. The van der Waals surface area contributed by atoms with Crippen molar-refractivity contribution in [3.63, 3.8) is 0 Å². The second kappa shape index (κ2) is 9.09. The first kappa shape index (κ1) is 20.7. The Labute approximate surface area is 180 Å². The highest BCUT2D eigenvalue weighted by Crippen LogP contribution is 2.25. The van der Waals surface area contributed by atoms with Crippen molar-refractivity contribution < 1.29 is 9.72 Å². The fraction of sp³-hybridized carbons (Fsp3) is 0.304. The van der Waals surface area contributed by atoms with Crippen LogP contribution in [0.15, 0.2) is 60.8 Å². The van der Waals surface area contributed by atoms with Crippen molar-refractivity contribution >= 4 is 11.6 Å². The highest BCUT2D eigenvalue weighted by atomic mass is 16.6. The molecule has 1 saturated heterocycles. The van der Waals surface area contributed by atoms with Crippen molar-refractivity contribution in [1.29, 1.82) is 0 Å². The van der Waals surface area contributed by atoms with Crippen LogP contribution in [0.25, 0.3) is 5.69 Å². The van der Waals surface area contributed by atoms with Crippen molar-refractivity contribution in [3.05, 3.63) is 87.7 Å². The van der Waals surface area contributed by atoms with Gasteiger partial charge < -0.3 is 5.32 Å². The van der Waals surface area contributed by atoms with Gasteiger partial charge >= 0.3 is 0 Å². The molecule has 3 aromatic rings. The standard InChI is InChI=1S/C23H25N5O3/c1-17-4-6-18(7-5-17)22(26-13-2-3-14-26)16-24-23(29)21-12-15-27(25-21)19-8-10-20(11-9-19)28(30)31/h4-12,15,22H,2-3,13-14,16H2,1H3,(H,24,29). The van der Waals surface area contributed by atoms with Crippen molar-refractivity contribution in [2.75, 3.05) is 19.6 Å². The van der Waals surface area contributed by atoms with Crippen LogP contribution in [0.1, 0.15) is 40.5 Å². The first-order valence-electron chi connectivity index (χ1n) is 10.4. The number of carbonyl (C=O) groups is 1. The fourth-order valence-corrected chi connectivity index (χ4v) is 3.90. The number of benzene rings is 2. The molecule has 160 valence electrons. The Kier molecular flexibility index (Phi) is 6.08. The minimum Gasteiger partial charge on any atom is -0.349 e. The average molecular weight is 419 g/mol. The van der Waals surface area contributed by atoms with Crippen LogP contribution < -0.4 is 5.32 Å². The highest BCUT2D eigenvalue weighted by Gasteiger charge is 2.24. The van der Waals surface area contributed by atoms with Crippen LogP contribution in [0.4, 0.5) is 5.69 Å². The molecule has 2 heterocycles. The number of nitrogens with zero attached hydrogens (tertiary/aromatic N) is 4. The molecule has 1 unspecified atom stereocenters. The van der Waals surface area contributed by atoms with Gasteiger partial charge in [0.25, 0.3) is 11.6 Å². The number of likely N-dealkylation sites (tertiary alicyclic amines) is 1. The summed E-state index contributed by atoms with van der Waals surface area (Å²) in [6.07, 6.45) is 4.03. The van der Waals surface area contributed by atoms with Gasteiger partial charge in [-0.1, -0.05) is 29.8 Å². The molecule has 1 aliphatic rings. The number of hydrogen-bond acceptors (Lipinski definition) is 5. The second-order valence-corrected chi connectivity index (χ2v) is 7.80. The van der Waals surface area contributed by atoms with Crippen LogP contribution >= 0.6 is 0 Å². The first-order chi connectivity index (χ1) is 15.0. The van der Waals surface area contributed by atoms with Crippen molar-refractivity contribution in [2.45, 2.75) is 25.8 Å². The van der Waals surface area contributed by atoms with E-state index >= 15 is 0 Å². The molecular weight excluding hydrogens is 394 g/mol. The summed E-state index contributed by atoms with van der Waals surface area (Å²) in [5.41, 5.74) is 3.38. The summed E-state index contributed by atoms with van der Waals surface area (Å²) in [5.74, 6) is -0.239. The summed E-state index contributed by atoms with van der Waals surface area (Å²) in [6, 6.07) is 16.3. The van der Waals surface area contributed by atoms with Crippen molar-refractivity contribution in [1.82, 2.24) is 20.0 Å². The minimum atomic E-state index is -0.448. The number of nitro benzene ring substituents is 1. The molecule has 1 aromatic heterocycles. The number of rotatable bonds is 7. The normalized spacial score (nSPS) is 15.0. The average Bonchev–Trinajstić information content (AvgIpc) is 3.48. The maximum atomic E-state index is 12.7. The van der Waals surface area contributed by atoms with E-state index in [9.17, 15) is 14.9 Å². The fourth-order valence-electron chi connectivity index (χ4n) is 3.90. The van der Waals surface area contributed by atoms with E-state index in [4.69, 9.17) is 0 Å². The molecule has 0 saturated carbocycles. The Morgan fingerprint density at radius 1 is 1.10 bits per heavy atom. The van der Waals surface area contributed by atoms with Gasteiger partial charge in [-0.25, -0.2) is 4.68 Å². The summed E-state index contributed by atoms with van der Waals surface area (Å²) in [5, 5.41) is 18.2. The Hall–Kier alpha value is -3.52. The molecule has 0 bridgehead atoms. The number of hydrogen-bond donors (Lipinski definition) is 1. The lowest BCUT2D eigenvalue weighted by molar-refractivity contribution is -0.384. The maximum Gasteiger partial charge on any atom is 0.271 e. The third-order valence-electron chi connectivity index (χ3n) is 5.65.